The molecule has 0 radical (unpaired) electrons. The minimum atomic E-state index is 0.803. The Kier molecular flexibility index (Phi) is 4.64. The predicted molar refractivity (Wildman–Crippen MR) is 61.6 cm³/mol. The molecule has 13 heavy (non-hydrogen) atoms. The van der Waals surface area contributed by atoms with Crippen LogP contribution in [-0.2, 0) is 6.54 Å². The molecule has 0 saturated carbocycles. The first kappa shape index (κ1) is 10.9. The SMILES string of the molecule is CN(CCS)Cc1cccc(Cl)c1. The Balaban J connectivity index is 2.53. The Hall–Kier alpha value is -0.180. The van der Waals surface area contributed by atoms with Gasteiger partial charge in [0.2, 0.25) is 0 Å². The van der Waals surface area contributed by atoms with E-state index in [2.05, 4.69) is 30.6 Å². The second-order valence-corrected chi connectivity index (χ2v) is 3.97. The summed E-state index contributed by atoms with van der Waals surface area (Å²) < 4.78 is 0. The maximum absolute atomic E-state index is 5.87. The van der Waals surface area contributed by atoms with Crippen LogP contribution in [0.3, 0.4) is 0 Å². The molecule has 3 heteroatoms. The molecule has 1 aromatic carbocycles. The molecule has 0 fully saturated rings. The number of hydrogen-bond donors (Lipinski definition) is 1. The molecule has 1 nitrogen and oxygen atoms in total. The average molecular weight is 216 g/mol. The van der Waals surface area contributed by atoms with Crippen LogP contribution in [0.15, 0.2) is 24.3 Å². The summed E-state index contributed by atoms with van der Waals surface area (Å²) in [5, 5.41) is 0.803. The third kappa shape index (κ3) is 4.03. The lowest BCUT2D eigenvalue weighted by molar-refractivity contribution is 0.349. The van der Waals surface area contributed by atoms with E-state index in [-0.39, 0.29) is 0 Å². The van der Waals surface area contributed by atoms with Gasteiger partial charge in [-0.15, -0.1) is 0 Å². The minimum Gasteiger partial charge on any atom is -0.301 e. The van der Waals surface area contributed by atoms with E-state index in [9.17, 15) is 0 Å². The first-order valence-electron chi connectivity index (χ1n) is 4.26. The molecular formula is C10H14ClNS. The molecule has 72 valence electrons. The van der Waals surface area contributed by atoms with Gasteiger partial charge in [0.05, 0.1) is 0 Å². The Labute approximate surface area is 90.1 Å². The summed E-state index contributed by atoms with van der Waals surface area (Å²) in [6, 6.07) is 7.95. The molecule has 0 bridgehead atoms. The summed E-state index contributed by atoms with van der Waals surface area (Å²) >= 11 is 10.1. The van der Waals surface area contributed by atoms with Crippen molar-refractivity contribution in [1.82, 2.24) is 4.90 Å². The third-order valence-electron chi connectivity index (χ3n) is 1.82. The molecule has 0 unspecified atom stereocenters. The number of hydrogen-bond acceptors (Lipinski definition) is 2. The van der Waals surface area contributed by atoms with E-state index in [0.717, 1.165) is 23.9 Å². The van der Waals surface area contributed by atoms with E-state index in [1.165, 1.54) is 5.56 Å². The van der Waals surface area contributed by atoms with Crippen LogP contribution in [0.4, 0.5) is 0 Å². The highest BCUT2D eigenvalue weighted by molar-refractivity contribution is 7.80. The zero-order valence-electron chi connectivity index (χ0n) is 7.70. The van der Waals surface area contributed by atoms with Crippen molar-refractivity contribution in [2.75, 3.05) is 19.3 Å². The van der Waals surface area contributed by atoms with Crippen LogP contribution in [0.25, 0.3) is 0 Å². The molecule has 0 aliphatic rings. The van der Waals surface area contributed by atoms with Crippen molar-refractivity contribution in [1.29, 1.82) is 0 Å². The van der Waals surface area contributed by atoms with E-state index >= 15 is 0 Å². The molecular weight excluding hydrogens is 202 g/mol. The van der Waals surface area contributed by atoms with Crippen molar-refractivity contribution in [2.24, 2.45) is 0 Å². The van der Waals surface area contributed by atoms with Gasteiger partial charge in [0, 0.05) is 23.9 Å². The van der Waals surface area contributed by atoms with Crippen molar-refractivity contribution in [2.45, 2.75) is 6.54 Å². The highest BCUT2D eigenvalue weighted by Crippen LogP contribution is 2.11. The number of benzene rings is 1. The fourth-order valence-corrected chi connectivity index (χ4v) is 1.75. The zero-order chi connectivity index (χ0) is 9.68. The number of nitrogens with zero attached hydrogens (tertiary/aromatic N) is 1. The molecule has 0 aliphatic heterocycles. The summed E-state index contributed by atoms with van der Waals surface area (Å²) in [4.78, 5) is 2.22. The largest absolute Gasteiger partial charge is 0.301 e. The van der Waals surface area contributed by atoms with Gasteiger partial charge in [-0.05, 0) is 24.7 Å². The maximum Gasteiger partial charge on any atom is 0.0409 e. The Morgan fingerprint density at radius 1 is 1.46 bits per heavy atom. The monoisotopic (exact) mass is 215 g/mol. The van der Waals surface area contributed by atoms with Crippen molar-refractivity contribution >= 4 is 24.2 Å². The predicted octanol–water partition coefficient (Wildman–Crippen LogP) is 2.70. The maximum atomic E-state index is 5.87. The minimum absolute atomic E-state index is 0.803. The van der Waals surface area contributed by atoms with E-state index in [1.807, 2.05) is 18.2 Å². The fourth-order valence-electron chi connectivity index (χ4n) is 1.20. The topological polar surface area (TPSA) is 3.24 Å². The molecule has 0 amide bonds. The van der Waals surface area contributed by atoms with Crippen molar-refractivity contribution < 1.29 is 0 Å². The van der Waals surface area contributed by atoms with Crippen LogP contribution >= 0.6 is 24.2 Å². The van der Waals surface area contributed by atoms with E-state index in [0.29, 0.717) is 0 Å². The Bertz CT molecular complexity index is 265. The lowest BCUT2D eigenvalue weighted by Gasteiger charge is -2.14. The van der Waals surface area contributed by atoms with Gasteiger partial charge in [-0.2, -0.15) is 12.6 Å². The molecule has 0 aliphatic carbocycles. The second kappa shape index (κ2) is 5.53. The molecule has 0 saturated heterocycles. The smallest absolute Gasteiger partial charge is 0.0409 e. The van der Waals surface area contributed by atoms with Crippen LogP contribution in [0.1, 0.15) is 5.56 Å². The van der Waals surface area contributed by atoms with Crippen LogP contribution in [0.2, 0.25) is 5.02 Å². The van der Waals surface area contributed by atoms with Crippen molar-refractivity contribution in [3.05, 3.63) is 34.9 Å². The van der Waals surface area contributed by atoms with E-state index < -0.39 is 0 Å². The van der Waals surface area contributed by atoms with Crippen LogP contribution in [0.5, 0.6) is 0 Å². The standard InChI is InChI=1S/C10H14ClNS/c1-12(5-6-13)8-9-3-2-4-10(11)7-9/h2-4,7,13H,5-6,8H2,1H3. The molecule has 0 aromatic heterocycles. The van der Waals surface area contributed by atoms with E-state index in [1.54, 1.807) is 0 Å². The molecule has 0 spiro atoms. The quantitative estimate of drug-likeness (QED) is 0.756. The highest BCUT2D eigenvalue weighted by atomic mass is 35.5. The Morgan fingerprint density at radius 3 is 2.85 bits per heavy atom. The van der Waals surface area contributed by atoms with Crippen molar-refractivity contribution in [3.8, 4) is 0 Å². The van der Waals surface area contributed by atoms with Gasteiger partial charge in [-0.3, -0.25) is 0 Å². The molecule has 0 N–H and O–H groups in total. The Morgan fingerprint density at radius 2 is 2.23 bits per heavy atom. The van der Waals surface area contributed by atoms with Gasteiger partial charge in [0.15, 0.2) is 0 Å². The summed E-state index contributed by atoms with van der Waals surface area (Å²) in [6.07, 6.45) is 0. The highest BCUT2D eigenvalue weighted by Gasteiger charge is 1.98. The summed E-state index contributed by atoms with van der Waals surface area (Å²) in [7, 11) is 2.08. The number of rotatable bonds is 4. The van der Waals surface area contributed by atoms with Crippen molar-refractivity contribution in [3.63, 3.8) is 0 Å². The van der Waals surface area contributed by atoms with Gasteiger partial charge < -0.3 is 4.90 Å². The van der Waals surface area contributed by atoms with Gasteiger partial charge in [-0.1, -0.05) is 23.7 Å². The molecule has 0 heterocycles. The lowest BCUT2D eigenvalue weighted by atomic mass is 10.2. The number of halogens is 1. The molecule has 0 atom stereocenters. The van der Waals surface area contributed by atoms with Gasteiger partial charge >= 0.3 is 0 Å². The summed E-state index contributed by atoms with van der Waals surface area (Å²) in [5.74, 6) is 0.886. The number of thiol groups is 1. The first-order chi connectivity index (χ1) is 6.22. The second-order valence-electron chi connectivity index (χ2n) is 3.09. The third-order valence-corrected chi connectivity index (χ3v) is 2.26. The van der Waals surface area contributed by atoms with Gasteiger partial charge in [-0.25, -0.2) is 0 Å². The molecule has 1 rings (SSSR count). The summed E-state index contributed by atoms with van der Waals surface area (Å²) in [6.45, 7) is 1.93. The van der Waals surface area contributed by atoms with Gasteiger partial charge in [0.1, 0.15) is 0 Å². The summed E-state index contributed by atoms with van der Waals surface area (Å²) in [5.41, 5.74) is 1.25. The van der Waals surface area contributed by atoms with E-state index in [4.69, 9.17) is 11.6 Å². The van der Waals surface area contributed by atoms with Gasteiger partial charge in [0.25, 0.3) is 0 Å². The van der Waals surface area contributed by atoms with Crippen LogP contribution in [-0.4, -0.2) is 24.2 Å². The van der Waals surface area contributed by atoms with Crippen LogP contribution in [0, 0.1) is 0 Å². The van der Waals surface area contributed by atoms with Crippen LogP contribution < -0.4 is 0 Å². The first-order valence-corrected chi connectivity index (χ1v) is 5.27. The lowest BCUT2D eigenvalue weighted by Crippen LogP contribution is -2.19. The fraction of sp³-hybridized carbons (Fsp3) is 0.400. The normalized spacial score (nSPS) is 10.8. The average Bonchev–Trinajstić information content (AvgIpc) is 2.04. The zero-order valence-corrected chi connectivity index (χ0v) is 9.35. The molecule has 1 aromatic rings.